The summed E-state index contributed by atoms with van der Waals surface area (Å²) in [5.41, 5.74) is 1.92. The molecule has 122 valence electrons. The van der Waals surface area contributed by atoms with Crippen LogP contribution in [0.2, 0.25) is 0 Å². The lowest BCUT2D eigenvalue weighted by atomic mass is 10.1. The SMILES string of the molecule is C=C(C)OC(=O)N1C(CC)CC[C@H]1c1nc2ccc(I)cc2[nH]1. The second-order valence-electron chi connectivity index (χ2n) is 5.92. The molecule has 0 radical (unpaired) electrons. The summed E-state index contributed by atoms with van der Waals surface area (Å²) in [5.74, 6) is 1.24. The summed E-state index contributed by atoms with van der Waals surface area (Å²) < 4.78 is 6.42. The van der Waals surface area contributed by atoms with E-state index in [4.69, 9.17) is 4.74 Å². The number of aromatic amines is 1. The molecule has 0 spiro atoms. The van der Waals surface area contributed by atoms with Gasteiger partial charge in [-0.15, -0.1) is 0 Å². The fraction of sp³-hybridized carbons (Fsp3) is 0.412. The van der Waals surface area contributed by atoms with Gasteiger partial charge in [0.05, 0.1) is 22.8 Å². The number of fused-ring (bicyclic) bond motifs is 1. The van der Waals surface area contributed by atoms with E-state index in [1.807, 2.05) is 17.0 Å². The number of nitrogens with zero attached hydrogens (tertiary/aromatic N) is 2. The van der Waals surface area contributed by atoms with Gasteiger partial charge in [-0.1, -0.05) is 13.5 Å². The van der Waals surface area contributed by atoms with Crippen molar-refractivity contribution in [1.82, 2.24) is 14.9 Å². The highest BCUT2D eigenvalue weighted by Gasteiger charge is 2.39. The predicted octanol–water partition coefficient (Wildman–Crippen LogP) is 4.75. The number of nitrogens with one attached hydrogen (secondary N) is 1. The van der Waals surface area contributed by atoms with E-state index in [0.29, 0.717) is 5.76 Å². The number of aromatic nitrogens is 2. The van der Waals surface area contributed by atoms with Crippen LogP contribution in [0.1, 0.15) is 45.0 Å². The van der Waals surface area contributed by atoms with Crippen LogP contribution < -0.4 is 0 Å². The lowest BCUT2D eigenvalue weighted by Gasteiger charge is -2.27. The highest BCUT2D eigenvalue weighted by molar-refractivity contribution is 14.1. The average Bonchev–Trinajstić information content (AvgIpc) is 3.08. The number of hydrogen-bond donors (Lipinski definition) is 1. The highest BCUT2D eigenvalue weighted by atomic mass is 127. The number of rotatable bonds is 3. The van der Waals surface area contributed by atoms with Crippen molar-refractivity contribution < 1.29 is 9.53 Å². The van der Waals surface area contributed by atoms with Gasteiger partial charge in [0.25, 0.3) is 0 Å². The van der Waals surface area contributed by atoms with Crippen LogP contribution in [-0.2, 0) is 4.74 Å². The number of allylic oxidation sites excluding steroid dienone is 1. The molecule has 1 saturated heterocycles. The molecule has 5 nitrogen and oxygen atoms in total. The van der Waals surface area contributed by atoms with Gasteiger partial charge in [-0.05, 0) is 67.0 Å². The molecule has 1 fully saturated rings. The first kappa shape index (κ1) is 16.3. The lowest BCUT2D eigenvalue weighted by molar-refractivity contribution is 0.105. The van der Waals surface area contributed by atoms with Crippen LogP contribution in [0.3, 0.4) is 0 Å². The van der Waals surface area contributed by atoms with Gasteiger partial charge < -0.3 is 9.72 Å². The van der Waals surface area contributed by atoms with E-state index in [-0.39, 0.29) is 18.2 Å². The summed E-state index contributed by atoms with van der Waals surface area (Å²) in [6, 6.07) is 6.20. The standard InChI is InChI=1S/C17H20IN3O2/c1-4-12-6-8-15(21(12)17(22)23-10(2)3)16-19-13-7-5-11(18)9-14(13)20-16/h5,7,9,12,15H,2,4,6,8H2,1,3H3,(H,19,20)/t12?,15-/m0/s1. The first-order valence-corrected chi connectivity index (χ1v) is 8.88. The maximum absolute atomic E-state index is 12.5. The molecule has 0 bridgehead atoms. The van der Waals surface area contributed by atoms with Crippen molar-refractivity contribution in [3.8, 4) is 0 Å². The van der Waals surface area contributed by atoms with Crippen LogP contribution in [0.5, 0.6) is 0 Å². The molecule has 6 heteroatoms. The Bertz CT molecular complexity index is 755. The van der Waals surface area contributed by atoms with E-state index in [1.54, 1.807) is 6.92 Å². The number of likely N-dealkylation sites (tertiary alicyclic amines) is 1. The first-order valence-electron chi connectivity index (χ1n) is 7.80. The van der Waals surface area contributed by atoms with Crippen molar-refractivity contribution in [1.29, 1.82) is 0 Å². The highest BCUT2D eigenvalue weighted by Crippen LogP contribution is 2.37. The minimum atomic E-state index is -0.332. The molecule has 2 aromatic rings. The molecular formula is C17H20IN3O2. The number of hydrogen-bond acceptors (Lipinski definition) is 3. The van der Waals surface area contributed by atoms with E-state index in [1.165, 1.54) is 0 Å². The molecule has 1 amide bonds. The van der Waals surface area contributed by atoms with E-state index in [9.17, 15) is 4.79 Å². The molecule has 0 aliphatic carbocycles. The van der Waals surface area contributed by atoms with Crippen molar-refractivity contribution in [2.75, 3.05) is 0 Å². The molecule has 3 rings (SSSR count). The maximum atomic E-state index is 12.5. The molecule has 1 N–H and O–H groups in total. The van der Waals surface area contributed by atoms with E-state index in [2.05, 4.69) is 52.1 Å². The molecule has 1 aromatic carbocycles. The smallest absolute Gasteiger partial charge is 0.415 e. The predicted molar refractivity (Wildman–Crippen MR) is 98.0 cm³/mol. The number of benzene rings is 1. The van der Waals surface area contributed by atoms with Crippen molar-refractivity contribution in [3.05, 3.63) is 39.9 Å². The molecule has 1 aliphatic rings. The Labute approximate surface area is 149 Å². The second-order valence-corrected chi connectivity index (χ2v) is 7.16. The zero-order valence-corrected chi connectivity index (χ0v) is 15.5. The summed E-state index contributed by atoms with van der Waals surface area (Å²) in [6.07, 6.45) is 2.42. The van der Waals surface area contributed by atoms with Gasteiger partial charge in [0.15, 0.2) is 0 Å². The summed E-state index contributed by atoms with van der Waals surface area (Å²) >= 11 is 2.28. The van der Waals surface area contributed by atoms with Gasteiger partial charge in [0.2, 0.25) is 0 Å². The Morgan fingerprint density at radius 2 is 2.30 bits per heavy atom. The Balaban J connectivity index is 1.94. The van der Waals surface area contributed by atoms with Gasteiger partial charge in [-0.25, -0.2) is 9.78 Å². The summed E-state index contributed by atoms with van der Waals surface area (Å²) in [6.45, 7) is 7.45. The first-order chi connectivity index (χ1) is 11.0. The van der Waals surface area contributed by atoms with Crippen LogP contribution in [0.4, 0.5) is 4.79 Å². The van der Waals surface area contributed by atoms with E-state index < -0.39 is 0 Å². The number of ether oxygens (including phenoxy) is 1. The summed E-state index contributed by atoms with van der Waals surface area (Å²) in [4.78, 5) is 22.4. The Hall–Kier alpha value is -1.57. The number of H-pyrrole nitrogens is 1. The lowest BCUT2D eigenvalue weighted by Crippen LogP contribution is -2.37. The third kappa shape index (κ3) is 3.22. The molecule has 1 unspecified atom stereocenters. The number of carbonyl (C=O) groups excluding carboxylic acids is 1. The van der Waals surface area contributed by atoms with Crippen LogP contribution >= 0.6 is 22.6 Å². The third-order valence-electron chi connectivity index (χ3n) is 4.22. The molecule has 2 atom stereocenters. The Morgan fingerprint density at radius 3 is 3.00 bits per heavy atom. The van der Waals surface area contributed by atoms with E-state index in [0.717, 1.165) is 39.7 Å². The minimum Gasteiger partial charge on any atom is -0.416 e. The van der Waals surface area contributed by atoms with Crippen LogP contribution in [0.25, 0.3) is 11.0 Å². The van der Waals surface area contributed by atoms with Gasteiger partial charge in [-0.2, -0.15) is 0 Å². The number of carbonyl (C=O) groups is 1. The normalized spacial score (nSPS) is 20.9. The molecule has 1 aromatic heterocycles. The maximum Gasteiger partial charge on any atom is 0.415 e. The Kier molecular flexibility index (Phi) is 4.61. The van der Waals surface area contributed by atoms with Crippen molar-refractivity contribution >= 4 is 39.7 Å². The zero-order valence-electron chi connectivity index (χ0n) is 13.3. The topological polar surface area (TPSA) is 58.2 Å². The van der Waals surface area contributed by atoms with Gasteiger partial charge >= 0.3 is 6.09 Å². The van der Waals surface area contributed by atoms with Crippen LogP contribution in [0, 0.1) is 3.57 Å². The molecule has 0 saturated carbocycles. The van der Waals surface area contributed by atoms with Crippen LogP contribution in [-0.4, -0.2) is 27.0 Å². The van der Waals surface area contributed by atoms with Gasteiger partial charge in [0.1, 0.15) is 5.82 Å². The molecule has 1 aliphatic heterocycles. The quantitative estimate of drug-likeness (QED) is 0.570. The van der Waals surface area contributed by atoms with Crippen molar-refractivity contribution in [2.24, 2.45) is 0 Å². The second kappa shape index (κ2) is 6.51. The monoisotopic (exact) mass is 425 g/mol. The molecule has 2 heterocycles. The number of amides is 1. The van der Waals surface area contributed by atoms with Crippen LogP contribution in [0.15, 0.2) is 30.5 Å². The van der Waals surface area contributed by atoms with Crippen molar-refractivity contribution in [3.63, 3.8) is 0 Å². The van der Waals surface area contributed by atoms with Crippen molar-refractivity contribution in [2.45, 2.75) is 45.2 Å². The van der Waals surface area contributed by atoms with E-state index >= 15 is 0 Å². The number of imidazole rings is 1. The minimum absolute atomic E-state index is 0.0724. The van der Waals surface area contributed by atoms with Gasteiger partial charge in [0, 0.05) is 9.61 Å². The zero-order chi connectivity index (χ0) is 16.6. The largest absolute Gasteiger partial charge is 0.416 e. The molecule has 23 heavy (non-hydrogen) atoms. The third-order valence-corrected chi connectivity index (χ3v) is 4.89. The Morgan fingerprint density at radius 1 is 1.52 bits per heavy atom. The summed E-state index contributed by atoms with van der Waals surface area (Å²) in [5, 5.41) is 0. The average molecular weight is 425 g/mol. The summed E-state index contributed by atoms with van der Waals surface area (Å²) in [7, 11) is 0. The fourth-order valence-corrected chi connectivity index (χ4v) is 3.68. The fourth-order valence-electron chi connectivity index (χ4n) is 3.19. The number of halogens is 1. The van der Waals surface area contributed by atoms with Gasteiger partial charge in [-0.3, -0.25) is 4.90 Å². The molecular weight excluding hydrogens is 405 g/mol.